The summed E-state index contributed by atoms with van der Waals surface area (Å²) < 4.78 is 12.6. The lowest BCUT2D eigenvalue weighted by Crippen LogP contribution is -2.16. The zero-order valence-corrected chi connectivity index (χ0v) is 9.05. The van der Waals surface area contributed by atoms with Gasteiger partial charge in [0.25, 0.3) is 0 Å². The molecule has 0 bridgehead atoms. The summed E-state index contributed by atoms with van der Waals surface area (Å²) >= 11 is 5.61. The molecule has 5 nitrogen and oxygen atoms in total. The molecular formula is C6H11ClN4OS. The Kier molecular flexibility index (Phi) is 3.80. The first-order valence-corrected chi connectivity index (χ1v) is 6.04. The van der Waals surface area contributed by atoms with Gasteiger partial charge in [0.15, 0.2) is 5.82 Å². The van der Waals surface area contributed by atoms with Crippen molar-refractivity contribution in [3.05, 3.63) is 5.82 Å². The molecule has 0 saturated carbocycles. The SMILES string of the molecule is CC(CS(C)=O)n1nnnc1CCl. The van der Waals surface area contributed by atoms with E-state index in [1.165, 1.54) is 0 Å². The molecule has 0 fully saturated rings. The Bertz CT molecular complexity index is 303. The zero-order chi connectivity index (χ0) is 9.84. The molecule has 0 N–H and O–H groups in total. The van der Waals surface area contributed by atoms with Crippen molar-refractivity contribution in [2.45, 2.75) is 18.8 Å². The Morgan fingerprint density at radius 2 is 2.38 bits per heavy atom. The molecule has 2 atom stereocenters. The number of nitrogens with zero attached hydrogens (tertiary/aromatic N) is 4. The van der Waals surface area contributed by atoms with Crippen LogP contribution in [0.25, 0.3) is 0 Å². The summed E-state index contributed by atoms with van der Waals surface area (Å²) in [7, 11) is -0.850. The normalized spacial score (nSPS) is 15.6. The average molecular weight is 223 g/mol. The molecule has 0 aliphatic heterocycles. The molecule has 0 aliphatic rings. The van der Waals surface area contributed by atoms with Crippen LogP contribution in [0.3, 0.4) is 0 Å². The van der Waals surface area contributed by atoms with Gasteiger partial charge in [0.2, 0.25) is 0 Å². The van der Waals surface area contributed by atoms with Gasteiger partial charge in [-0.3, -0.25) is 4.21 Å². The summed E-state index contributed by atoms with van der Waals surface area (Å²) in [5, 5.41) is 11.0. The summed E-state index contributed by atoms with van der Waals surface area (Å²) in [4.78, 5) is 0. The highest BCUT2D eigenvalue weighted by atomic mass is 35.5. The number of halogens is 1. The fourth-order valence-electron chi connectivity index (χ4n) is 1.05. The fraction of sp³-hybridized carbons (Fsp3) is 0.833. The Hall–Kier alpha value is -0.490. The van der Waals surface area contributed by atoms with E-state index in [4.69, 9.17) is 11.6 Å². The van der Waals surface area contributed by atoms with E-state index in [1.54, 1.807) is 10.9 Å². The summed E-state index contributed by atoms with van der Waals surface area (Å²) in [5.74, 6) is 1.42. The van der Waals surface area contributed by atoms with E-state index < -0.39 is 10.8 Å². The predicted molar refractivity (Wildman–Crippen MR) is 51.0 cm³/mol. The lowest BCUT2D eigenvalue weighted by atomic mass is 10.4. The highest BCUT2D eigenvalue weighted by Gasteiger charge is 2.12. The third-order valence-electron chi connectivity index (χ3n) is 1.57. The van der Waals surface area contributed by atoms with E-state index in [2.05, 4.69) is 15.5 Å². The minimum Gasteiger partial charge on any atom is -0.260 e. The van der Waals surface area contributed by atoms with Gasteiger partial charge < -0.3 is 0 Å². The van der Waals surface area contributed by atoms with Gasteiger partial charge >= 0.3 is 0 Å². The van der Waals surface area contributed by atoms with Gasteiger partial charge in [-0.25, -0.2) is 4.68 Å². The standard InChI is InChI=1S/C6H11ClN4OS/c1-5(4-13(2)12)11-6(3-7)8-9-10-11/h5H,3-4H2,1-2H3. The van der Waals surface area contributed by atoms with Crippen molar-refractivity contribution in [3.8, 4) is 0 Å². The number of hydrogen-bond donors (Lipinski definition) is 0. The second kappa shape index (κ2) is 4.66. The van der Waals surface area contributed by atoms with Crippen LogP contribution in [0.4, 0.5) is 0 Å². The van der Waals surface area contributed by atoms with Crippen LogP contribution in [0, 0.1) is 0 Å². The minimum absolute atomic E-state index is 0.0228. The van der Waals surface area contributed by atoms with Gasteiger partial charge in [-0.15, -0.1) is 16.7 Å². The van der Waals surface area contributed by atoms with Crippen molar-refractivity contribution >= 4 is 22.4 Å². The van der Waals surface area contributed by atoms with Crippen LogP contribution in [0.5, 0.6) is 0 Å². The molecular weight excluding hydrogens is 212 g/mol. The number of alkyl halides is 1. The van der Waals surface area contributed by atoms with E-state index in [1.807, 2.05) is 6.92 Å². The molecule has 1 heterocycles. The first-order chi connectivity index (χ1) is 6.15. The maximum absolute atomic E-state index is 10.9. The van der Waals surface area contributed by atoms with E-state index in [9.17, 15) is 4.21 Å². The number of tetrazole rings is 1. The molecule has 13 heavy (non-hydrogen) atoms. The van der Waals surface area contributed by atoms with Crippen molar-refractivity contribution in [3.63, 3.8) is 0 Å². The summed E-state index contributed by atoms with van der Waals surface area (Å²) in [6, 6.07) is 0.0228. The summed E-state index contributed by atoms with van der Waals surface area (Å²) in [6.07, 6.45) is 1.65. The summed E-state index contributed by atoms with van der Waals surface area (Å²) in [5.41, 5.74) is 0. The van der Waals surface area contributed by atoms with Crippen molar-refractivity contribution in [1.29, 1.82) is 0 Å². The van der Waals surface area contributed by atoms with Crippen molar-refractivity contribution in [2.75, 3.05) is 12.0 Å². The van der Waals surface area contributed by atoms with Crippen LogP contribution < -0.4 is 0 Å². The maximum Gasteiger partial charge on any atom is 0.166 e. The molecule has 0 saturated heterocycles. The first kappa shape index (κ1) is 10.6. The molecule has 74 valence electrons. The third kappa shape index (κ3) is 2.73. The smallest absolute Gasteiger partial charge is 0.166 e. The van der Waals surface area contributed by atoms with E-state index in [0.29, 0.717) is 11.6 Å². The second-order valence-electron chi connectivity index (χ2n) is 2.76. The van der Waals surface area contributed by atoms with E-state index >= 15 is 0 Å². The zero-order valence-electron chi connectivity index (χ0n) is 7.47. The molecule has 1 aromatic rings. The van der Waals surface area contributed by atoms with Gasteiger partial charge in [-0.2, -0.15) is 0 Å². The van der Waals surface area contributed by atoms with Crippen molar-refractivity contribution in [1.82, 2.24) is 20.2 Å². The molecule has 0 aromatic carbocycles. The topological polar surface area (TPSA) is 60.7 Å². The Morgan fingerprint density at radius 3 is 2.92 bits per heavy atom. The second-order valence-corrected chi connectivity index (χ2v) is 4.51. The minimum atomic E-state index is -0.850. The molecule has 1 rings (SSSR count). The Labute approximate surface area is 83.9 Å². The van der Waals surface area contributed by atoms with Crippen LogP contribution in [0.15, 0.2) is 0 Å². The van der Waals surface area contributed by atoms with Gasteiger partial charge in [0.05, 0.1) is 11.9 Å². The van der Waals surface area contributed by atoms with Gasteiger partial charge in [-0.05, 0) is 17.4 Å². The van der Waals surface area contributed by atoms with Crippen molar-refractivity contribution < 1.29 is 4.21 Å². The van der Waals surface area contributed by atoms with Crippen LogP contribution in [-0.2, 0) is 16.7 Å². The molecule has 1 aromatic heterocycles. The fourth-order valence-corrected chi connectivity index (χ4v) is 2.05. The van der Waals surface area contributed by atoms with Gasteiger partial charge in [0.1, 0.15) is 0 Å². The Balaban J connectivity index is 2.75. The lowest BCUT2D eigenvalue weighted by molar-refractivity contribution is 0.503. The molecule has 0 aliphatic carbocycles. The van der Waals surface area contributed by atoms with Gasteiger partial charge in [0, 0.05) is 22.8 Å². The molecule has 0 spiro atoms. The molecule has 2 unspecified atom stereocenters. The Morgan fingerprint density at radius 1 is 1.69 bits per heavy atom. The lowest BCUT2D eigenvalue weighted by Gasteiger charge is -2.10. The first-order valence-electron chi connectivity index (χ1n) is 3.78. The van der Waals surface area contributed by atoms with Crippen molar-refractivity contribution in [2.24, 2.45) is 0 Å². The van der Waals surface area contributed by atoms with E-state index in [0.717, 1.165) is 0 Å². The van der Waals surface area contributed by atoms with Gasteiger partial charge in [-0.1, -0.05) is 0 Å². The third-order valence-corrected chi connectivity index (χ3v) is 2.76. The number of rotatable bonds is 4. The monoisotopic (exact) mass is 222 g/mol. The largest absolute Gasteiger partial charge is 0.260 e. The van der Waals surface area contributed by atoms with Crippen LogP contribution in [0.2, 0.25) is 0 Å². The maximum atomic E-state index is 10.9. The molecule has 0 radical (unpaired) electrons. The highest BCUT2D eigenvalue weighted by molar-refractivity contribution is 7.84. The molecule has 0 amide bonds. The quantitative estimate of drug-likeness (QED) is 0.690. The highest BCUT2D eigenvalue weighted by Crippen LogP contribution is 2.08. The molecule has 7 heteroatoms. The van der Waals surface area contributed by atoms with Crippen LogP contribution in [0.1, 0.15) is 18.8 Å². The number of hydrogen-bond acceptors (Lipinski definition) is 4. The number of aromatic nitrogens is 4. The predicted octanol–water partition coefficient (Wildman–Crippen LogP) is 0.351. The summed E-state index contributed by atoms with van der Waals surface area (Å²) in [6.45, 7) is 1.91. The average Bonchev–Trinajstić information content (AvgIpc) is 2.49. The van der Waals surface area contributed by atoms with E-state index in [-0.39, 0.29) is 11.9 Å². The van der Waals surface area contributed by atoms with Crippen LogP contribution in [-0.4, -0.2) is 36.4 Å². The van der Waals surface area contributed by atoms with Crippen LogP contribution >= 0.6 is 11.6 Å².